The zero-order chi connectivity index (χ0) is 13.8. The van der Waals surface area contributed by atoms with E-state index in [1.54, 1.807) is 18.2 Å². The first kappa shape index (κ1) is 13.9. The van der Waals surface area contributed by atoms with E-state index in [1.165, 1.54) is 0 Å². The van der Waals surface area contributed by atoms with E-state index in [4.69, 9.17) is 16.7 Å². The van der Waals surface area contributed by atoms with E-state index in [1.807, 2.05) is 6.07 Å². The minimum Gasteiger partial charge on any atom is -0.481 e. The molecule has 1 aromatic carbocycles. The summed E-state index contributed by atoms with van der Waals surface area (Å²) in [5.41, 5.74) is 0.859. The maximum Gasteiger partial charge on any atom is 0.306 e. The molecule has 5 heteroatoms. The Hall–Kier alpha value is -1.55. The molecule has 0 saturated heterocycles. The van der Waals surface area contributed by atoms with Crippen molar-refractivity contribution in [1.29, 1.82) is 0 Å². The van der Waals surface area contributed by atoms with Crippen molar-refractivity contribution in [2.24, 2.45) is 5.92 Å². The number of carbonyl (C=O) groups excluding carboxylic acids is 1. The summed E-state index contributed by atoms with van der Waals surface area (Å²) in [5.74, 6) is -1.18. The highest BCUT2D eigenvalue weighted by molar-refractivity contribution is 6.30. The van der Waals surface area contributed by atoms with Gasteiger partial charge >= 0.3 is 5.97 Å². The van der Waals surface area contributed by atoms with Gasteiger partial charge in [0.1, 0.15) is 0 Å². The van der Waals surface area contributed by atoms with Crippen molar-refractivity contribution < 1.29 is 14.7 Å². The van der Waals surface area contributed by atoms with Crippen LogP contribution in [0.5, 0.6) is 0 Å². The maximum atomic E-state index is 11.9. The van der Waals surface area contributed by atoms with Crippen molar-refractivity contribution in [1.82, 2.24) is 5.32 Å². The number of carbonyl (C=O) groups is 2. The third kappa shape index (κ3) is 3.96. The van der Waals surface area contributed by atoms with Gasteiger partial charge in [-0.05, 0) is 37.0 Å². The summed E-state index contributed by atoms with van der Waals surface area (Å²) in [6.45, 7) is 0. The summed E-state index contributed by atoms with van der Waals surface area (Å²) >= 11 is 5.86. The van der Waals surface area contributed by atoms with Crippen LogP contribution in [-0.4, -0.2) is 23.0 Å². The van der Waals surface area contributed by atoms with Crippen LogP contribution in [0.1, 0.15) is 24.8 Å². The van der Waals surface area contributed by atoms with Crippen LogP contribution in [0, 0.1) is 5.92 Å². The molecule has 19 heavy (non-hydrogen) atoms. The van der Waals surface area contributed by atoms with Gasteiger partial charge in [0.05, 0.1) is 12.3 Å². The summed E-state index contributed by atoms with van der Waals surface area (Å²) in [4.78, 5) is 22.7. The number of halogens is 1. The molecule has 1 saturated carbocycles. The third-order valence-corrected chi connectivity index (χ3v) is 3.64. The Labute approximate surface area is 116 Å². The number of rotatable bonds is 4. The van der Waals surface area contributed by atoms with Crippen LogP contribution in [0.15, 0.2) is 24.3 Å². The van der Waals surface area contributed by atoms with Gasteiger partial charge in [0.25, 0.3) is 0 Å². The quantitative estimate of drug-likeness (QED) is 0.889. The maximum absolute atomic E-state index is 11.9. The van der Waals surface area contributed by atoms with Crippen molar-refractivity contribution in [3.05, 3.63) is 34.9 Å². The number of nitrogens with one attached hydrogen (secondary N) is 1. The number of benzene rings is 1. The number of hydrogen-bond donors (Lipinski definition) is 2. The van der Waals surface area contributed by atoms with E-state index >= 15 is 0 Å². The first-order chi connectivity index (χ1) is 9.04. The second-order valence-electron chi connectivity index (χ2n) is 4.92. The topological polar surface area (TPSA) is 66.4 Å². The summed E-state index contributed by atoms with van der Waals surface area (Å²) < 4.78 is 0. The highest BCUT2D eigenvalue weighted by Gasteiger charge is 2.30. The van der Waals surface area contributed by atoms with Crippen LogP contribution in [0.3, 0.4) is 0 Å². The Balaban J connectivity index is 1.84. The lowest BCUT2D eigenvalue weighted by molar-refractivity contribution is -0.141. The van der Waals surface area contributed by atoms with Crippen LogP contribution < -0.4 is 5.32 Å². The lowest BCUT2D eigenvalue weighted by Crippen LogP contribution is -2.34. The molecule has 1 amide bonds. The van der Waals surface area contributed by atoms with Crippen molar-refractivity contribution in [2.75, 3.05) is 0 Å². The highest BCUT2D eigenvalue weighted by atomic mass is 35.5. The van der Waals surface area contributed by atoms with E-state index in [-0.39, 0.29) is 24.3 Å². The number of carboxylic acid groups (broad SMARTS) is 1. The molecule has 0 heterocycles. The van der Waals surface area contributed by atoms with Gasteiger partial charge in [0, 0.05) is 11.1 Å². The normalized spacial score (nSPS) is 22.2. The molecule has 0 aliphatic heterocycles. The smallest absolute Gasteiger partial charge is 0.306 e. The van der Waals surface area contributed by atoms with Crippen LogP contribution in [0.25, 0.3) is 0 Å². The molecular formula is C14H16ClNO3. The first-order valence-electron chi connectivity index (χ1n) is 6.31. The highest BCUT2D eigenvalue weighted by Crippen LogP contribution is 2.25. The second kappa shape index (κ2) is 6.06. The van der Waals surface area contributed by atoms with Gasteiger partial charge in [-0.2, -0.15) is 0 Å². The monoisotopic (exact) mass is 281 g/mol. The zero-order valence-electron chi connectivity index (χ0n) is 10.4. The molecule has 4 nitrogen and oxygen atoms in total. The second-order valence-corrected chi connectivity index (χ2v) is 5.36. The molecule has 2 rings (SSSR count). The first-order valence-corrected chi connectivity index (χ1v) is 6.69. The van der Waals surface area contributed by atoms with Gasteiger partial charge in [0.15, 0.2) is 0 Å². The Morgan fingerprint density at radius 2 is 2.16 bits per heavy atom. The number of aliphatic carboxylic acids is 1. The fourth-order valence-electron chi connectivity index (χ4n) is 2.45. The molecule has 0 spiro atoms. The molecule has 1 aliphatic rings. The average molecular weight is 282 g/mol. The lowest BCUT2D eigenvalue weighted by atomic mass is 10.1. The standard InChI is InChI=1S/C14H16ClNO3/c15-11-3-1-2-9(6-11)7-13(17)16-12-5-4-10(8-12)14(18)19/h1-3,6,10,12H,4-5,7-8H2,(H,16,17)(H,18,19)/t10-,12-/m0/s1. The SMILES string of the molecule is O=C(Cc1cccc(Cl)c1)N[C@H]1CC[C@H](C(=O)O)C1. The largest absolute Gasteiger partial charge is 0.481 e. The van der Waals surface area contributed by atoms with Gasteiger partial charge in [-0.15, -0.1) is 0 Å². The zero-order valence-corrected chi connectivity index (χ0v) is 11.2. The van der Waals surface area contributed by atoms with Crippen molar-refractivity contribution >= 4 is 23.5 Å². The van der Waals surface area contributed by atoms with Crippen molar-refractivity contribution in [2.45, 2.75) is 31.7 Å². The summed E-state index contributed by atoms with van der Waals surface area (Å²) in [6, 6.07) is 7.15. The molecule has 1 aliphatic carbocycles. The molecule has 2 N–H and O–H groups in total. The minimum atomic E-state index is -0.772. The van der Waals surface area contributed by atoms with Crippen LogP contribution in [0.2, 0.25) is 5.02 Å². The predicted molar refractivity (Wildman–Crippen MR) is 72.1 cm³/mol. The van der Waals surface area contributed by atoms with E-state index in [9.17, 15) is 9.59 Å². The Morgan fingerprint density at radius 3 is 2.79 bits per heavy atom. The van der Waals surface area contributed by atoms with Gasteiger partial charge in [-0.25, -0.2) is 0 Å². The van der Waals surface area contributed by atoms with E-state index in [2.05, 4.69) is 5.32 Å². The third-order valence-electron chi connectivity index (χ3n) is 3.40. The van der Waals surface area contributed by atoms with E-state index < -0.39 is 5.97 Å². The predicted octanol–water partition coefficient (Wildman–Crippen LogP) is 2.25. The summed E-state index contributed by atoms with van der Waals surface area (Å²) in [7, 11) is 0. The van der Waals surface area contributed by atoms with E-state index in [0.717, 1.165) is 12.0 Å². The summed E-state index contributed by atoms with van der Waals surface area (Å²) in [5, 5.41) is 12.4. The Morgan fingerprint density at radius 1 is 1.37 bits per heavy atom. The molecule has 1 fully saturated rings. The van der Waals surface area contributed by atoms with Gasteiger partial charge in [0.2, 0.25) is 5.91 Å². The Bertz CT molecular complexity index is 489. The molecule has 0 unspecified atom stereocenters. The van der Waals surface area contributed by atoms with Crippen molar-refractivity contribution in [3.8, 4) is 0 Å². The van der Waals surface area contributed by atoms with Gasteiger partial charge in [-0.1, -0.05) is 23.7 Å². The van der Waals surface area contributed by atoms with Gasteiger partial charge < -0.3 is 10.4 Å². The number of amides is 1. The molecule has 0 radical (unpaired) electrons. The number of hydrogen-bond acceptors (Lipinski definition) is 2. The molecule has 0 aromatic heterocycles. The fraction of sp³-hybridized carbons (Fsp3) is 0.429. The summed E-state index contributed by atoms with van der Waals surface area (Å²) in [6.07, 6.45) is 2.17. The Kier molecular flexibility index (Phi) is 4.43. The molecule has 1 aromatic rings. The van der Waals surface area contributed by atoms with E-state index in [0.29, 0.717) is 17.9 Å². The molecular weight excluding hydrogens is 266 g/mol. The fourth-order valence-corrected chi connectivity index (χ4v) is 2.66. The lowest BCUT2D eigenvalue weighted by Gasteiger charge is -2.12. The molecule has 0 bridgehead atoms. The minimum absolute atomic E-state index is 0.0206. The van der Waals surface area contributed by atoms with Crippen LogP contribution in [0.4, 0.5) is 0 Å². The van der Waals surface area contributed by atoms with Crippen LogP contribution >= 0.6 is 11.6 Å². The van der Waals surface area contributed by atoms with Crippen LogP contribution in [-0.2, 0) is 16.0 Å². The molecule has 2 atom stereocenters. The molecule has 102 valence electrons. The van der Waals surface area contributed by atoms with Gasteiger partial charge in [-0.3, -0.25) is 9.59 Å². The van der Waals surface area contributed by atoms with Crippen molar-refractivity contribution in [3.63, 3.8) is 0 Å². The number of carboxylic acids is 1. The average Bonchev–Trinajstić information content (AvgIpc) is 2.77.